The van der Waals surface area contributed by atoms with Crippen molar-refractivity contribution in [3.8, 4) is 0 Å². The first-order valence-electron chi connectivity index (χ1n) is 4.93. The molecule has 13 heavy (non-hydrogen) atoms. The molecule has 0 amide bonds. The van der Waals surface area contributed by atoms with Crippen molar-refractivity contribution in [1.82, 2.24) is 0 Å². The van der Waals surface area contributed by atoms with Crippen LogP contribution in [0.25, 0.3) is 0 Å². The summed E-state index contributed by atoms with van der Waals surface area (Å²) in [4.78, 5) is 1.02. The van der Waals surface area contributed by atoms with Crippen molar-refractivity contribution in [2.24, 2.45) is 5.92 Å². The van der Waals surface area contributed by atoms with Crippen molar-refractivity contribution >= 4 is 24.2 Å². The normalized spacial score (nSPS) is 17.5. The quantitative estimate of drug-likeness (QED) is 0.553. The minimum Gasteiger partial charge on any atom is -0.415 e. The number of hydrogen-bond acceptors (Lipinski definition) is 1. The summed E-state index contributed by atoms with van der Waals surface area (Å²) in [5, 5.41) is 0.311. The molecule has 0 aliphatic rings. The summed E-state index contributed by atoms with van der Waals surface area (Å²) in [5.41, 5.74) is 0. The van der Waals surface area contributed by atoms with Crippen molar-refractivity contribution in [3.63, 3.8) is 0 Å². The Morgan fingerprint density at radius 3 is 2.00 bits per heavy atom. The average Bonchev–Trinajstić information content (AvgIpc) is 1.98. The molecule has 0 aliphatic carbocycles. The Morgan fingerprint density at radius 1 is 1.31 bits per heavy atom. The van der Waals surface area contributed by atoms with Gasteiger partial charge in [0.1, 0.15) is 0 Å². The minimum atomic E-state index is -1.57. The van der Waals surface area contributed by atoms with Crippen LogP contribution in [-0.4, -0.2) is 19.9 Å². The van der Waals surface area contributed by atoms with Gasteiger partial charge in [0, 0.05) is 11.6 Å². The van der Waals surface area contributed by atoms with Crippen LogP contribution in [0.4, 0.5) is 0 Å². The van der Waals surface area contributed by atoms with Crippen LogP contribution in [0.2, 0.25) is 11.6 Å². The molecular weight excluding hydrogens is 244 g/mol. The first-order valence-corrected chi connectivity index (χ1v) is 8.66. The molecule has 0 spiro atoms. The van der Waals surface area contributed by atoms with Crippen molar-refractivity contribution in [2.45, 2.75) is 46.2 Å². The second-order valence-electron chi connectivity index (χ2n) is 5.32. The molecule has 1 nitrogen and oxygen atoms in total. The van der Waals surface area contributed by atoms with E-state index in [-0.39, 0.29) is 0 Å². The van der Waals surface area contributed by atoms with Gasteiger partial charge >= 0.3 is 0 Å². The van der Waals surface area contributed by atoms with Crippen LogP contribution in [0.3, 0.4) is 0 Å². The zero-order valence-electron chi connectivity index (χ0n) is 9.78. The Kier molecular flexibility index (Phi) is 5.19. The molecule has 0 aliphatic heterocycles. The monoisotopic (exact) mass is 266 g/mol. The molecule has 0 rings (SSSR count). The van der Waals surface area contributed by atoms with Gasteiger partial charge < -0.3 is 4.43 Å². The van der Waals surface area contributed by atoms with E-state index in [2.05, 4.69) is 57.1 Å². The molecule has 0 aromatic rings. The summed E-state index contributed by atoms with van der Waals surface area (Å²) in [6, 6.07) is 0. The molecule has 0 bridgehead atoms. The van der Waals surface area contributed by atoms with Crippen LogP contribution in [0, 0.1) is 5.92 Å². The van der Waals surface area contributed by atoms with Gasteiger partial charge in [-0.25, -0.2) is 0 Å². The van der Waals surface area contributed by atoms with E-state index < -0.39 is 8.32 Å². The van der Waals surface area contributed by atoms with E-state index in [0.717, 1.165) is 11.6 Å². The molecule has 1 unspecified atom stereocenters. The largest absolute Gasteiger partial charge is 0.415 e. The lowest BCUT2D eigenvalue weighted by Gasteiger charge is -2.38. The van der Waals surface area contributed by atoms with Crippen LogP contribution in [0.5, 0.6) is 0 Å². The van der Waals surface area contributed by atoms with Crippen molar-refractivity contribution in [3.05, 3.63) is 0 Å². The van der Waals surface area contributed by atoms with Crippen LogP contribution >= 0.6 is 15.9 Å². The molecule has 0 heterocycles. The van der Waals surface area contributed by atoms with Gasteiger partial charge in [-0.2, -0.15) is 0 Å². The van der Waals surface area contributed by atoms with Gasteiger partial charge in [-0.15, -0.1) is 0 Å². The first kappa shape index (κ1) is 13.7. The zero-order chi connectivity index (χ0) is 10.7. The Balaban J connectivity index is 4.29. The minimum absolute atomic E-state index is 0.311. The molecule has 0 aromatic carbocycles. The molecule has 0 saturated carbocycles. The van der Waals surface area contributed by atoms with E-state index in [1.807, 2.05) is 0 Å². The molecule has 0 N–H and O–H groups in total. The van der Waals surface area contributed by atoms with Gasteiger partial charge in [0.2, 0.25) is 8.32 Å². The molecule has 0 aromatic heterocycles. The van der Waals surface area contributed by atoms with Crippen LogP contribution in [0.15, 0.2) is 0 Å². The fourth-order valence-electron chi connectivity index (χ4n) is 0.806. The summed E-state index contributed by atoms with van der Waals surface area (Å²) >= 11 is 3.59. The molecule has 3 heteroatoms. The van der Waals surface area contributed by atoms with Crippen LogP contribution in [0.1, 0.15) is 34.6 Å². The average molecular weight is 267 g/mol. The predicted octanol–water partition coefficient (Wildman–Crippen LogP) is 3.97. The zero-order valence-corrected chi connectivity index (χ0v) is 12.4. The second kappa shape index (κ2) is 4.94. The molecule has 0 radical (unpaired) electrons. The molecule has 1 atom stereocenters. The van der Waals surface area contributed by atoms with E-state index in [1.54, 1.807) is 0 Å². The highest BCUT2D eigenvalue weighted by atomic mass is 79.9. The fourth-order valence-corrected chi connectivity index (χ4v) is 5.43. The number of alkyl halides is 1. The van der Waals surface area contributed by atoms with Gasteiger partial charge in [0.05, 0.1) is 0 Å². The Labute approximate surface area is 92.5 Å². The highest BCUT2D eigenvalue weighted by Gasteiger charge is 2.41. The van der Waals surface area contributed by atoms with Crippen molar-refractivity contribution in [1.29, 1.82) is 0 Å². The third kappa shape index (κ3) is 4.13. The maximum Gasteiger partial charge on any atom is 0.205 e. The lowest BCUT2D eigenvalue weighted by atomic mass is 10.2. The Morgan fingerprint density at radius 2 is 1.77 bits per heavy atom. The van der Waals surface area contributed by atoms with Crippen molar-refractivity contribution in [2.75, 3.05) is 11.6 Å². The smallest absolute Gasteiger partial charge is 0.205 e. The van der Waals surface area contributed by atoms with E-state index in [4.69, 9.17) is 4.43 Å². The van der Waals surface area contributed by atoms with Gasteiger partial charge in [-0.3, -0.25) is 0 Å². The highest BCUT2D eigenvalue weighted by Crippen LogP contribution is 2.38. The summed E-state index contributed by atoms with van der Waals surface area (Å²) in [6.45, 7) is 14.4. The maximum absolute atomic E-state index is 6.10. The second-order valence-corrected chi connectivity index (χ2v) is 11.5. The SMILES string of the molecule is CC(C)CO[Si](C)(CBr)C(C)(C)C. The third-order valence-corrected chi connectivity index (χ3v) is 10.3. The maximum atomic E-state index is 6.10. The lowest BCUT2D eigenvalue weighted by Crippen LogP contribution is -2.47. The molecule has 0 fully saturated rings. The van der Waals surface area contributed by atoms with E-state index >= 15 is 0 Å². The van der Waals surface area contributed by atoms with Gasteiger partial charge in [0.15, 0.2) is 0 Å². The molecule has 80 valence electrons. The van der Waals surface area contributed by atoms with Crippen molar-refractivity contribution < 1.29 is 4.43 Å². The van der Waals surface area contributed by atoms with Gasteiger partial charge in [-0.1, -0.05) is 50.5 Å². The lowest BCUT2D eigenvalue weighted by molar-refractivity contribution is 0.246. The Bertz CT molecular complexity index is 153. The van der Waals surface area contributed by atoms with Gasteiger partial charge in [-0.05, 0) is 17.5 Å². The van der Waals surface area contributed by atoms with Crippen LogP contribution in [-0.2, 0) is 4.43 Å². The summed E-state index contributed by atoms with van der Waals surface area (Å²) in [6.07, 6.45) is 0. The summed E-state index contributed by atoms with van der Waals surface area (Å²) < 4.78 is 6.10. The van der Waals surface area contributed by atoms with Gasteiger partial charge in [0.25, 0.3) is 0 Å². The van der Waals surface area contributed by atoms with E-state index in [1.165, 1.54) is 0 Å². The number of hydrogen-bond donors (Lipinski definition) is 0. The molecular formula is C10H23BrOSi. The Hall–Kier alpha value is 0.657. The first-order chi connectivity index (χ1) is 5.73. The number of rotatable bonds is 4. The fraction of sp³-hybridized carbons (Fsp3) is 1.00. The number of halogens is 1. The highest BCUT2D eigenvalue weighted by molar-refractivity contribution is 9.09. The standard InChI is InChI=1S/C10H23BrOSi/c1-9(2)7-12-13(6,8-11)10(3,4)5/h9H,7-8H2,1-6H3. The molecule has 0 saturated heterocycles. The van der Waals surface area contributed by atoms with Crippen LogP contribution < -0.4 is 0 Å². The van der Waals surface area contributed by atoms with E-state index in [9.17, 15) is 0 Å². The predicted molar refractivity (Wildman–Crippen MR) is 65.9 cm³/mol. The summed E-state index contributed by atoms with van der Waals surface area (Å²) in [5.74, 6) is 0.633. The third-order valence-electron chi connectivity index (χ3n) is 2.58. The van der Waals surface area contributed by atoms with E-state index in [0.29, 0.717) is 11.0 Å². The topological polar surface area (TPSA) is 9.23 Å². The summed E-state index contributed by atoms with van der Waals surface area (Å²) in [7, 11) is -1.57.